The SMILES string of the molecule is NC(=O)[C@@H]1Cc2ccccc2N1Cc1ccc(-n2cccn2)cc1. The molecular weight excluding hydrogens is 300 g/mol. The van der Waals surface area contributed by atoms with Gasteiger partial charge < -0.3 is 10.6 Å². The molecule has 0 unspecified atom stereocenters. The van der Waals surface area contributed by atoms with Crippen LogP contribution in [0.25, 0.3) is 5.69 Å². The molecule has 1 aliphatic rings. The highest BCUT2D eigenvalue weighted by atomic mass is 16.1. The molecular formula is C19H18N4O. The minimum absolute atomic E-state index is 0.278. The number of hydrogen-bond donors (Lipinski definition) is 1. The largest absolute Gasteiger partial charge is 0.368 e. The van der Waals surface area contributed by atoms with E-state index in [1.807, 2.05) is 41.2 Å². The molecule has 1 atom stereocenters. The molecule has 5 heteroatoms. The Balaban J connectivity index is 1.60. The average Bonchev–Trinajstić information content (AvgIpc) is 3.24. The number of carbonyl (C=O) groups excluding carboxylic acids is 1. The lowest BCUT2D eigenvalue weighted by Gasteiger charge is -2.25. The Morgan fingerprint density at radius 3 is 2.62 bits per heavy atom. The summed E-state index contributed by atoms with van der Waals surface area (Å²) < 4.78 is 1.82. The van der Waals surface area contributed by atoms with Gasteiger partial charge in [0.2, 0.25) is 5.91 Å². The van der Waals surface area contributed by atoms with Gasteiger partial charge in [-0.3, -0.25) is 4.79 Å². The van der Waals surface area contributed by atoms with Gasteiger partial charge in [0, 0.05) is 31.0 Å². The van der Waals surface area contributed by atoms with Crippen molar-refractivity contribution in [1.82, 2.24) is 9.78 Å². The predicted molar refractivity (Wildman–Crippen MR) is 92.9 cm³/mol. The molecule has 0 saturated heterocycles. The van der Waals surface area contributed by atoms with Crippen LogP contribution in [-0.4, -0.2) is 21.7 Å². The standard InChI is InChI=1S/C19H18N4O/c20-19(24)18-12-15-4-1-2-5-17(15)22(18)13-14-6-8-16(9-7-14)23-11-3-10-21-23/h1-11,18H,12-13H2,(H2,20,24)/t18-/m0/s1. The van der Waals surface area contributed by atoms with Crippen LogP contribution in [0.4, 0.5) is 5.69 Å². The molecule has 4 rings (SSSR count). The van der Waals surface area contributed by atoms with Gasteiger partial charge in [0.15, 0.2) is 0 Å². The number of aromatic nitrogens is 2. The van der Waals surface area contributed by atoms with E-state index in [2.05, 4.69) is 34.3 Å². The van der Waals surface area contributed by atoms with E-state index >= 15 is 0 Å². The second kappa shape index (κ2) is 5.85. The third kappa shape index (κ3) is 2.54. The molecule has 2 N–H and O–H groups in total. The summed E-state index contributed by atoms with van der Waals surface area (Å²) in [5.41, 5.74) is 10.0. The summed E-state index contributed by atoms with van der Waals surface area (Å²) in [6.07, 6.45) is 4.35. The number of para-hydroxylation sites is 1. The monoisotopic (exact) mass is 318 g/mol. The summed E-state index contributed by atoms with van der Waals surface area (Å²) in [5, 5.41) is 4.23. The summed E-state index contributed by atoms with van der Waals surface area (Å²) in [7, 11) is 0. The topological polar surface area (TPSA) is 64.2 Å². The Labute approximate surface area is 140 Å². The molecule has 0 saturated carbocycles. The lowest BCUT2D eigenvalue weighted by molar-refractivity contribution is -0.119. The van der Waals surface area contributed by atoms with Gasteiger partial charge in [0.25, 0.3) is 0 Å². The molecule has 2 aromatic carbocycles. The van der Waals surface area contributed by atoms with E-state index in [1.165, 1.54) is 5.56 Å². The van der Waals surface area contributed by atoms with Crippen molar-refractivity contribution in [1.29, 1.82) is 0 Å². The van der Waals surface area contributed by atoms with Gasteiger partial charge >= 0.3 is 0 Å². The van der Waals surface area contributed by atoms with Gasteiger partial charge in [-0.15, -0.1) is 0 Å². The van der Waals surface area contributed by atoms with Crippen LogP contribution in [0.2, 0.25) is 0 Å². The molecule has 2 heterocycles. The van der Waals surface area contributed by atoms with Gasteiger partial charge in [-0.05, 0) is 35.4 Å². The highest BCUT2D eigenvalue weighted by molar-refractivity contribution is 5.86. The van der Waals surface area contributed by atoms with Crippen LogP contribution in [-0.2, 0) is 17.8 Å². The fourth-order valence-electron chi connectivity index (χ4n) is 3.27. The summed E-state index contributed by atoms with van der Waals surface area (Å²) >= 11 is 0. The van der Waals surface area contributed by atoms with Crippen molar-refractivity contribution >= 4 is 11.6 Å². The van der Waals surface area contributed by atoms with Crippen molar-refractivity contribution in [3.63, 3.8) is 0 Å². The molecule has 5 nitrogen and oxygen atoms in total. The first-order chi connectivity index (χ1) is 11.7. The van der Waals surface area contributed by atoms with Crippen molar-refractivity contribution in [2.24, 2.45) is 5.73 Å². The lowest BCUT2D eigenvalue weighted by Crippen LogP contribution is -2.42. The van der Waals surface area contributed by atoms with Crippen LogP contribution >= 0.6 is 0 Å². The predicted octanol–water partition coefficient (Wildman–Crippen LogP) is 2.29. The minimum atomic E-state index is -0.284. The molecule has 1 aliphatic heterocycles. The average molecular weight is 318 g/mol. The number of nitrogens with zero attached hydrogens (tertiary/aromatic N) is 3. The number of amides is 1. The molecule has 0 bridgehead atoms. The Morgan fingerprint density at radius 1 is 1.12 bits per heavy atom. The molecule has 3 aromatic rings. The van der Waals surface area contributed by atoms with E-state index in [9.17, 15) is 4.79 Å². The minimum Gasteiger partial charge on any atom is -0.368 e. The second-order valence-corrected chi connectivity index (χ2v) is 6.00. The van der Waals surface area contributed by atoms with Crippen LogP contribution in [0.1, 0.15) is 11.1 Å². The number of hydrogen-bond acceptors (Lipinski definition) is 3. The van der Waals surface area contributed by atoms with E-state index in [0.29, 0.717) is 13.0 Å². The zero-order valence-corrected chi connectivity index (χ0v) is 13.2. The first-order valence-corrected chi connectivity index (χ1v) is 7.95. The molecule has 0 spiro atoms. The first-order valence-electron chi connectivity index (χ1n) is 7.95. The van der Waals surface area contributed by atoms with Gasteiger partial charge in [0.1, 0.15) is 6.04 Å². The number of primary amides is 1. The fraction of sp³-hybridized carbons (Fsp3) is 0.158. The van der Waals surface area contributed by atoms with Crippen molar-refractivity contribution in [2.75, 3.05) is 4.90 Å². The van der Waals surface area contributed by atoms with Gasteiger partial charge in [-0.1, -0.05) is 30.3 Å². The summed E-state index contributed by atoms with van der Waals surface area (Å²) in [5.74, 6) is -0.278. The zero-order chi connectivity index (χ0) is 16.5. The first kappa shape index (κ1) is 14.5. The van der Waals surface area contributed by atoms with Gasteiger partial charge in [0.05, 0.1) is 5.69 Å². The van der Waals surface area contributed by atoms with E-state index < -0.39 is 0 Å². The number of nitrogens with two attached hydrogens (primary N) is 1. The van der Waals surface area contributed by atoms with Crippen molar-refractivity contribution in [2.45, 2.75) is 19.0 Å². The Bertz CT molecular complexity index is 855. The van der Waals surface area contributed by atoms with Crippen molar-refractivity contribution < 1.29 is 4.79 Å². The highest BCUT2D eigenvalue weighted by Crippen LogP contribution is 2.33. The summed E-state index contributed by atoms with van der Waals surface area (Å²) in [6.45, 7) is 0.657. The van der Waals surface area contributed by atoms with Crippen LogP contribution in [0.5, 0.6) is 0 Å². The summed E-state index contributed by atoms with van der Waals surface area (Å²) in [6, 6.07) is 17.9. The number of carbonyl (C=O) groups is 1. The quantitative estimate of drug-likeness (QED) is 0.803. The molecule has 24 heavy (non-hydrogen) atoms. The second-order valence-electron chi connectivity index (χ2n) is 6.00. The maximum Gasteiger partial charge on any atom is 0.240 e. The van der Waals surface area contributed by atoms with Crippen LogP contribution in [0, 0.1) is 0 Å². The highest BCUT2D eigenvalue weighted by Gasteiger charge is 2.32. The third-order valence-electron chi connectivity index (χ3n) is 4.48. The van der Waals surface area contributed by atoms with E-state index in [4.69, 9.17) is 5.73 Å². The van der Waals surface area contributed by atoms with Crippen LogP contribution < -0.4 is 10.6 Å². The number of rotatable bonds is 4. The lowest BCUT2D eigenvalue weighted by atomic mass is 10.1. The smallest absolute Gasteiger partial charge is 0.240 e. The summed E-state index contributed by atoms with van der Waals surface area (Å²) in [4.78, 5) is 13.9. The number of anilines is 1. The maximum atomic E-state index is 11.8. The number of benzene rings is 2. The molecule has 0 fully saturated rings. The van der Waals surface area contributed by atoms with Crippen LogP contribution in [0.15, 0.2) is 67.0 Å². The Morgan fingerprint density at radius 2 is 1.92 bits per heavy atom. The number of fused-ring (bicyclic) bond motifs is 1. The molecule has 0 radical (unpaired) electrons. The van der Waals surface area contributed by atoms with E-state index in [-0.39, 0.29) is 11.9 Å². The normalized spacial score (nSPS) is 16.2. The van der Waals surface area contributed by atoms with Gasteiger partial charge in [-0.25, -0.2) is 4.68 Å². The molecule has 1 aromatic heterocycles. The molecule has 1 amide bonds. The Kier molecular flexibility index (Phi) is 3.54. The molecule has 0 aliphatic carbocycles. The fourth-order valence-corrected chi connectivity index (χ4v) is 3.27. The van der Waals surface area contributed by atoms with Crippen molar-refractivity contribution in [3.05, 3.63) is 78.1 Å². The van der Waals surface area contributed by atoms with Crippen molar-refractivity contribution in [3.8, 4) is 5.69 Å². The van der Waals surface area contributed by atoms with E-state index in [0.717, 1.165) is 16.9 Å². The zero-order valence-electron chi connectivity index (χ0n) is 13.2. The third-order valence-corrected chi connectivity index (χ3v) is 4.48. The maximum absolute atomic E-state index is 11.8. The van der Waals surface area contributed by atoms with Crippen LogP contribution in [0.3, 0.4) is 0 Å². The molecule has 120 valence electrons. The van der Waals surface area contributed by atoms with Gasteiger partial charge in [-0.2, -0.15) is 5.10 Å². The van der Waals surface area contributed by atoms with E-state index in [1.54, 1.807) is 6.20 Å². The Hall–Kier alpha value is -3.08.